The van der Waals surface area contributed by atoms with Gasteiger partial charge in [0, 0.05) is 13.2 Å². The number of para-hydroxylation sites is 1. The number of hydrogen-bond acceptors (Lipinski definition) is 5. The molecule has 3 rings (SSSR count). The Morgan fingerprint density at radius 3 is 2.65 bits per heavy atom. The van der Waals surface area contributed by atoms with E-state index in [4.69, 9.17) is 0 Å². The number of carbonyl (C=O) groups excluding carboxylic acids is 1. The van der Waals surface area contributed by atoms with Crippen molar-refractivity contribution in [2.24, 2.45) is 12.1 Å². The van der Waals surface area contributed by atoms with Crippen LogP contribution in [0, 0.1) is 0 Å². The van der Waals surface area contributed by atoms with Gasteiger partial charge in [0.1, 0.15) is 4.21 Å². The lowest BCUT2D eigenvalue weighted by atomic mass is 10.2. The number of sulfonamides is 1. The third-order valence-corrected chi connectivity index (χ3v) is 6.29. The van der Waals surface area contributed by atoms with Gasteiger partial charge in [0.25, 0.3) is 15.9 Å². The Bertz CT molecular complexity index is 1040. The predicted octanol–water partition coefficient (Wildman–Crippen LogP) is 2.65. The summed E-state index contributed by atoms with van der Waals surface area (Å²) in [6.45, 7) is 0. The van der Waals surface area contributed by atoms with E-state index in [2.05, 4.69) is 15.2 Å². The Hall–Kier alpha value is -2.91. The summed E-state index contributed by atoms with van der Waals surface area (Å²) in [7, 11) is -1.88. The number of anilines is 1. The highest BCUT2D eigenvalue weighted by Crippen LogP contribution is 2.22. The molecular weight excluding hydrogens is 372 g/mol. The molecule has 2 heterocycles. The minimum Gasteiger partial charge on any atom is -0.350 e. The summed E-state index contributed by atoms with van der Waals surface area (Å²) < 4.78 is 29.2. The Balaban J connectivity index is 1.77. The van der Waals surface area contributed by atoms with Crippen molar-refractivity contribution in [2.75, 3.05) is 4.72 Å². The van der Waals surface area contributed by atoms with Gasteiger partial charge in [0.2, 0.25) is 0 Å². The van der Waals surface area contributed by atoms with E-state index in [-0.39, 0.29) is 15.5 Å². The molecule has 134 valence electrons. The fraction of sp³-hybridized carbons (Fsp3) is 0.0588. The molecule has 0 saturated carbocycles. The second kappa shape index (κ2) is 7.54. The number of nitrogens with zero attached hydrogens (tertiary/aromatic N) is 2. The molecule has 0 saturated heterocycles. The van der Waals surface area contributed by atoms with Crippen molar-refractivity contribution in [1.82, 2.24) is 9.99 Å². The van der Waals surface area contributed by atoms with E-state index in [1.165, 1.54) is 24.4 Å². The monoisotopic (exact) mass is 388 g/mol. The molecule has 9 heteroatoms. The highest BCUT2D eigenvalue weighted by molar-refractivity contribution is 7.94. The lowest BCUT2D eigenvalue weighted by Gasteiger charge is -2.10. The van der Waals surface area contributed by atoms with Crippen molar-refractivity contribution in [3.05, 3.63) is 71.4 Å². The van der Waals surface area contributed by atoms with Gasteiger partial charge in [-0.05, 0) is 35.7 Å². The van der Waals surface area contributed by atoms with Crippen molar-refractivity contribution >= 4 is 39.2 Å². The Labute approximate surface area is 155 Å². The fourth-order valence-corrected chi connectivity index (χ4v) is 4.28. The predicted molar refractivity (Wildman–Crippen MR) is 102 cm³/mol. The van der Waals surface area contributed by atoms with Crippen LogP contribution in [0.4, 0.5) is 5.69 Å². The number of thiophene rings is 1. The average Bonchev–Trinajstić information content (AvgIpc) is 3.28. The standard InChI is InChI=1S/C17H16N4O3S2/c1-21-10-4-6-13(21)12-18-19-17(22)14-7-2-3-8-15(14)20-26(23,24)16-9-5-11-25-16/h2-12,20H,1H3,(H,19,22)/b18-12+. The van der Waals surface area contributed by atoms with E-state index >= 15 is 0 Å². The third kappa shape index (κ3) is 4.01. The van der Waals surface area contributed by atoms with Crippen LogP contribution in [0.1, 0.15) is 16.1 Å². The van der Waals surface area contributed by atoms with Gasteiger partial charge in [-0.3, -0.25) is 9.52 Å². The molecule has 26 heavy (non-hydrogen) atoms. The zero-order valence-corrected chi connectivity index (χ0v) is 15.4. The summed E-state index contributed by atoms with van der Waals surface area (Å²) in [6.07, 6.45) is 3.37. The van der Waals surface area contributed by atoms with Gasteiger partial charge >= 0.3 is 0 Å². The van der Waals surface area contributed by atoms with Crippen LogP contribution < -0.4 is 10.1 Å². The van der Waals surface area contributed by atoms with Crippen LogP contribution >= 0.6 is 11.3 Å². The summed E-state index contributed by atoms with van der Waals surface area (Å²) in [4.78, 5) is 12.4. The number of nitrogens with one attached hydrogen (secondary N) is 2. The van der Waals surface area contributed by atoms with E-state index < -0.39 is 15.9 Å². The van der Waals surface area contributed by atoms with Gasteiger partial charge in [-0.1, -0.05) is 18.2 Å². The summed E-state index contributed by atoms with van der Waals surface area (Å²) in [5.74, 6) is -0.514. The van der Waals surface area contributed by atoms with Crippen LogP contribution in [-0.4, -0.2) is 25.1 Å². The molecule has 2 N–H and O–H groups in total. The first-order valence-electron chi connectivity index (χ1n) is 7.57. The van der Waals surface area contributed by atoms with Crippen LogP contribution in [0.3, 0.4) is 0 Å². The molecule has 0 spiro atoms. The van der Waals surface area contributed by atoms with Crippen LogP contribution in [0.2, 0.25) is 0 Å². The summed E-state index contributed by atoms with van der Waals surface area (Å²) in [5.41, 5.74) is 3.59. The van der Waals surface area contributed by atoms with E-state index in [1.54, 1.807) is 23.6 Å². The van der Waals surface area contributed by atoms with Gasteiger partial charge in [-0.15, -0.1) is 11.3 Å². The third-order valence-electron chi connectivity index (χ3n) is 3.52. The van der Waals surface area contributed by atoms with Gasteiger partial charge < -0.3 is 4.57 Å². The molecule has 0 fully saturated rings. The summed E-state index contributed by atoms with van der Waals surface area (Å²) >= 11 is 1.10. The van der Waals surface area contributed by atoms with E-state index in [0.717, 1.165) is 17.0 Å². The van der Waals surface area contributed by atoms with Crippen molar-refractivity contribution in [1.29, 1.82) is 0 Å². The molecule has 0 aliphatic heterocycles. The fourth-order valence-electron chi connectivity index (χ4n) is 2.21. The quantitative estimate of drug-likeness (QED) is 0.502. The van der Waals surface area contributed by atoms with Crippen LogP contribution in [0.15, 0.2) is 69.4 Å². The maximum Gasteiger partial charge on any atom is 0.273 e. The second-order valence-electron chi connectivity index (χ2n) is 5.33. The van der Waals surface area contributed by atoms with E-state index in [0.29, 0.717) is 0 Å². The molecule has 1 amide bonds. The topological polar surface area (TPSA) is 92.6 Å². The smallest absolute Gasteiger partial charge is 0.273 e. The van der Waals surface area contributed by atoms with Crippen LogP contribution in [0.5, 0.6) is 0 Å². The molecule has 0 radical (unpaired) electrons. The number of rotatable bonds is 6. The van der Waals surface area contributed by atoms with Crippen molar-refractivity contribution < 1.29 is 13.2 Å². The molecule has 7 nitrogen and oxygen atoms in total. The van der Waals surface area contributed by atoms with Crippen molar-refractivity contribution in [2.45, 2.75) is 4.21 Å². The Morgan fingerprint density at radius 2 is 1.96 bits per heavy atom. The Morgan fingerprint density at radius 1 is 1.15 bits per heavy atom. The van der Waals surface area contributed by atoms with Crippen LogP contribution in [0.25, 0.3) is 0 Å². The molecule has 0 aliphatic carbocycles. The number of hydrogen-bond donors (Lipinski definition) is 2. The molecule has 3 aromatic rings. The summed E-state index contributed by atoms with van der Waals surface area (Å²) in [6, 6.07) is 13.2. The molecule has 0 atom stereocenters. The molecular formula is C17H16N4O3S2. The van der Waals surface area contributed by atoms with Crippen LogP contribution in [-0.2, 0) is 17.1 Å². The number of aryl methyl sites for hydroxylation is 1. The average molecular weight is 388 g/mol. The molecule has 2 aromatic heterocycles. The SMILES string of the molecule is Cn1cccc1/C=N/NC(=O)c1ccccc1NS(=O)(=O)c1cccs1. The second-order valence-corrected chi connectivity index (χ2v) is 8.18. The largest absolute Gasteiger partial charge is 0.350 e. The minimum absolute atomic E-state index is 0.175. The number of aromatic nitrogens is 1. The first-order chi connectivity index (χ1) is 12.5. The van der Waals surface area contributed by atoms with Crippen molar-refractivity contribution in [3.8, 4) is 0 Å². The Kier molecular flexibility index (Phi) is 5.19. The summed E-state index contributed by atoms with van der Waals surface area (Å²) in [5, 5.41) is 5.59. The van der Waals surface area contributed by atoms with E-state index in [9.17, 15) is 13.2 Å². The van der Waals surface area contributed by atoms with Gasteiger partial charge in [-0.2, -0.15) is 5.10 Å². The minimum atomic E-state index is -3.74. The molecule has 0 aliphatic rings. The molecule has 0 bridgehead atoms. The number of benzene rings is 1. The first kappa shape index (κ1) is 17.9. The molecule has 0 unspecified atom stereocenters. The van der Waals surface area contributed by atoms with Crippen molar-refractivity contribution in [3.63, 3.8) is 0 Å². The van der Waals surface area contributed by atoms with Gasteiger partial charge in [-0.25, -0.2) is 13.8 Å². The maximum absolute atomic E-state index is 12.4. The maximum atomic E-state index is 12.4. The first-order valence-corrected chi connectivity index (χ1v) is 9.94. The normalized spacial score (nSPS) is 11.6. The number of amides is 1. The number of carbonyl (C=O) groups is 1. The highest BCUT2D eigenvalue weighted by Gasteiger charge is 2.19. The van der Waals surface area contributed by atoms with Gasteiger partial charge in [0.05, 0.1) is 23.2 Å². The zero-order valence-electron chi connectivity index (χ0n) is 13.8. The zero-order chi connectivity index (χ0) is 18.6. The number of hydrazone groups is 1. The highest BCUT2D eigenvalue weighted by atomic mass is 32.2. The van der Waals surface area contributed by atoms with E-state index in [1.807, 2.05) is 29.9 Å². The lowest BCUT2D eigenvalue weighted by Crippen LogP contribution is -2.21. The van der Waals surface area contributed by atoms with Gasteiger partial charge in [0.15, 0.2) is 0 Å². The molecule has 1 aromatic carbocycles. The lowest BCUT2D eigenvalue weighted by molar-refractivity contribution is 0.0956.